The molecule has 0 radical (unpaired) electrons. The first-order valence-electron chi connectivity index (χ1n) is 8.98. The second-order valence-electron chi connectivity index (χ2n) is 6.23. The Balaban J connectivity index is 1.87. The Morgan fingerprint density at radius 2 is 1.75 bits per heavy atom. The fourth-order valence-electron chi connectivity index (χ4n) is 2.48. The Kier molecular flexibility index (Phi) is 7.56. The minimum Gasteiger partial charge on any atom is -0.482 e. The van der Waals surface area contributed by atoms with Crippen molar-refractivity contribution in [1.29, 1.82) is 0 Å². The van der Waals surface area contributed by atoms with Gasteiger partial charge in [0.1, 0.15) is 5.75 Å². The highest BCUT2D eigenvalue weighted by molar-refractivity contribution is 5.99. The fraction of sp³-hybridized carbons (Fsp3) is 0.286. The normalized spacial score (nSPS) is 10.2. The number of ether oxygens (including phenoxy) is 1. The van der Waals surface area contributed by atoms with E-state index in [2.05, 4.69) is 5.32 Å². The first kappa shape index (κ1) is 21.0. The highest BCUT2D eigenvalue weighted by atomic mass is 16.5. The van der Waals surface area contributed by atoms with Crippen molar-refractivity contribution in [3.63, 3.8) is 0 Å². The van der Waals surface area contributed by atoms with Crippen LogP contribution in [-0.2, 0) is 11.2 Å². The largest absolute Gasteiger partial charge is 0.482 e. The monoisotopic (exact) mass is 384 g/mol. The van der Waals surface area contributed by atoms with E-state index < -0.39 is 5.97 Å². The number of hydrogen-bond donors (Lipinski definition) is 2. The summed E-state index contributed by atoms with van der Waals surface area (Å²) in [7, 11) is 1.72. The Morgan fingerprint density at radius 1 is 1.07 bits per heavy atom. The molecular formula is C21H24N2O5. The topological polar surface area (TPSA) is 95.9 Å². The summed E-state index contributed by atoms with van der Waals surface area (Å²) in [5.74, 6) is -0.912. The van der Waals surface area contributed by atoms with E-state index in [0.29, 0.717) is 36.4 Å². The van der Waals surface area contributed by atoms with E-state index in [1.807, 2.05) is 19.1 Å². The van der Waals surface area contributed by atoms with Crippen LogP contribution in [0.3, 0.4) is 0 Å². The van der Waals surface area contributed by atoms with Gasteiger partial charge in [0.25, 0.3) is 11.8 Å². The van der Waals surface area contributed by atoms with Gasteiger partial charge in [-0.05, 0) is 49.2 Å². The first-order chi connectivity index (χ1) is 13.4. The van der Waals surface area contributed by atoms with Gasteiger partial charge in [0.15, 0.2) is 6.61 Å². The Bertz CT molecular complexity index is 833. The standard InChI is InChI=1S/C21H24N2O5/c1-3-23(2)21(27)17-6-4-5-16(13-17)20(26)22-12-11-15-7-9-18(10-8-15)28-14-19(24)25/h4-10,13H,3,11-12,14H2,1-2H3,(H,22,26)(H,24,25). The Morgan fingerprint density at radius 3 is 2.39 bits per heavy atom. The zero-order valence-corrected chi connectivity index (χ0v) is 16.0. The summed E-state index contributed by atoms with van der Waals surface area (Å²) in [6.07, 6.45) is 0.613. The summed E-state index contributed by atoms with van der Waals surface area (Å²) in [6, 6.07) is 13.7. The van der Waals surface area contributed by atoms with E-state index in [1.54, 1.807) is 48.3 Å². The van der Waals surface area contributed by atoms with E-state index in [9.17, 15) is 14.4 Å². The highest BCUT2D eigenvalue weighted by Crippen LogP contribution is 2.12. The number of amides is 2. The molecule has 0 aliphatic carbocycles. The third-order valence-corrected chi connectivity index (χ3v) is 4.18. The molecule has 0 heterocycles. The van der Waals surface area contributed by atoms with E-state index in [-0.39, 0.29) is 18.4 Å². The maximum absolute atomic E-state index is 12.3. The number of benzene rings is 2. The number of carboxylic acid groups (broad SMARTS) is 1. The summed E-state index contributed by atoms with van der Waals surface area (Å²) in [6.45, 7) is 2.53. The van der Waals surface area contributed by atoms with Gasteiger partial charge in [-0.3, -0.25) is 9.59 Å². The molecule has 148 valence electrons. The van der Waals surface area contributed by atoms with Crippen LogP contribution in [-0.4, -0.2) is 54.5 Å². The van der Waals surface area contributed by atoms with Crippen LogP contribution in [0.1, 0.15) is 33.2 Å². The van der Waals surface area contributed by atoms with Crippen LogP contribution >= 0.6 is 0 Å². The summed E-state index contributed by atoms with van der Waals surface area (Å²) in [5, 5.41) is 11.4. The summed E-state index contributed by atoms with van der Waals surface area (Å²) in [4.78, 5) is 36.6. The molecule has 2 rings (SSSR count). The molecule has 7 heteroatoms. The van der Waals surface area contributed by atoms with Crippen LogP contribution in [0, 0.1) is 0 Å². The molecule has 0 saturated carbocycles. The maximum atomic E-state index is 12.3. The van der Waals surface area contributed by atoms with Gasteiger partial charge in [-0.15, -0.1) is 0 Å². The van der Waals surface area contributed by atoms with E-state index >= 15 is 0 Å². The lowest BCUT2D eigenvalue weighted by atomic mass is 10.1. The molecule has 0 saturated heterocycles. The lowest BCUT2D eigenvalue weighted by Crippen LogP contribution is -2.28. The third kappa shape index (κ3) is 6.12. The minimum absolute atomic E-state index is 0.123. The molecule has 0 atom stereocenters. The quantitative estimate of drug-likeness (QED) is 0.691. The predicted octanol–water partition coefficient (Wildman–Crippen LogP) is 2.21. The molecule has 0 aliphatic heterocycles. The van der Waals surface area contributed by atoms with Crippen molar-refractivity contribution in [3.05, 3.63) is 65.2 Å². The number of aliphatic carboxylic acids is 1. The van der Waals surface area contributed by atoms with Gasteiger partial charge < -0.3 is 20.1 Å². The molecule has 0 bridgehead atoms. The summed E-state index contributed by atoms with van der Waals surface area (Å²) < 4.78 is 5.08. The molecule has 28 heavy (non-hydrogen) atoms. The molecule has 0 unspecified atom stereocenters. The van der Waals surface area contributed by atoms with E-state index in [4.69, 9.17) is 9.84 Å². The van der Waals surface area contributed by atoms with Gasteiger partial charge in [-0.1, -0.05) is 18.2 Å². The van der Waals surface area contributed by atoms with Crippen LogP contribution in [0.25, 0.3) is 0 Å². The minimum atomic E-state index is -1.03. The first-order valence-corrected chi connectivity index (χ1v) is 8.98. The van der Waals surface area contributed by atoms with Crippen LogP contribution in [0.15, 0.2) is 48.5 Å². The van der Waals surface area contributed by atoms with Crippen LogP contribution in [0.2, 0.25) is 0 Å². The van der Waals surface area contributed by atoms with Crippen molar-refractivity contribution in [3.8, 4) is 5.75 Å². The molecule has 0 aliphatic rings. The van der Waals surface area contributed by atoms with E-state index in [1.165, 1.54) is 0 Å². The number of carboxylic acids is 1. The molecule has 2 aromatic carbocycles. The van der Waals surface area contributed by atoms with Crippen molar-refractivity contribution < 1.29 is 24.2 Å². The molecule has 2 aromatic rings. The van der Waals surface area contributed by atoms with Crippen molar-refractivity contribution in [1.82, 2.24) is 10.2 Å². The number of carbonyl (C=O) groups is 3. The van der Waals surface area contributed by atoms with Crippen molar-refractivity contribution in [2.75, 3.05) is 26.7 Å². The molecular weight excluding hydrogens is 360 g/mol. The van der Waals surface area contributed by atoms with Crippen LogP contribution in [0.5, 0.6) is 5.75 Å². The van der Waals surface area contributed by atoms with Gasteiger partial charge >= 0.3 is 5.97 Å². The molecule has 0 aromatic heterocycles. The Labute approximate surface area is 163 Å². The van der Waals surface area contributed by atoms with Gasteiger partial charge in [-0.25, -0.2) is 4.79 Å². The third-order valence-electron chi connectivity index (χ3n) is 4.18. The molecule has 2 N–H and O–H groups in total. The molecule has 0 spiro atoms. The molecule has 2 amide bonds. The van der Waals surface area contributed by atoms with Crippen LogP contribution < -0.4 is 10.1 Å². The highest BCUT2D eigenvalue weighted by Gasteiger charge is 2.13. The SMILES string of the molecule is CCN(C)C(=O)c1cccc(C(=O)NCCc2ccc(OCC(=O)O)cc2)c1. The van der Waals surface area contributed by atoms with Crippen molar-refractivity contribution >= 4 is 17.8 Å². The second kappa shape index (κ2) is 10.1. The second-order valence-corrected chi connectivity index (χ2v) is 6.23. The molecule has 0 fully saturated rings. The van der Waals surface area contributed by atoms with Crippen molar-refractivity contribution in [2.45, 2.75) is 13.3 Å². The number of nitrogens with one attached hydrogen (secondary N) is 1. The lowest BCUT2D eigenvalue weighted by molar-refractivity contribution is -0.139. The zero-order chi connectivity index (χ0) is 20.5. The summed E-state index contributed by atoms with van der Waals surface area (Å²) in [5.41, 5.74) is 1.90. The predicted molar refractivity (Wildman–Crippen MR) is 105 cm³/mol. The number of hydrogen-bond acceptors (Lipinski definition) is 4. The van der Waals surface area contributed by atoms with Gasteiger partial charge in [0.2, 0.25) is 0 Å². The number of rotatable bonds is 9. The number of carbonyl (C=O) groups excluding carboxylic acids is 2. The van der Waals surface area contributed by atoms with Gasteiger partial charge in [0.05, 0.1) is 0 Å². The lowest BCUT2D eigenvalue weighted by Gasteiger charge is -2.15. The number of nitrogens with zero attached hydrogens (tertiary/aromatic N) is 1. The van der Waals surface area contributed by atoms with Gasteiger partial charge in [0, 0.05) is 31.3 Å². The fourth-order valence-corrected chi connectivity index (χ4v) is 2.48. The summed E-state index contributed by atoms with van der Waals surface area (Å²) >= 11 is 0. The van der Waals surface area contributed by atoms with E-state index in [0.717, 1.165) is 5.56 Å². The average Bonchev–Trinajstić information content (AvgIpc) is 2.72. The average molecular weight is 384 g/mol. The Hall–Kier alpha value is -3.35. The molecule has 7 nitrogen and oxygen atoms in total. The smallest absolute Gasteiger partial charge is 0.341 e. The maximum Gasteiger partial charge on any atom is 0.341 e. The van der Waals surface area contributed by atoms with Crippen molar-refractivity contribution in [2.24, 2.45) is 0 Å². The van der Waals surface area contributed by atoms with Crippen LogP contribution in [0.4, 0.5) is 0 Å². The van der Waals surface area contributed by atoms with Gasteiger partial charge in [-0.2, -0.15) is 0 Å². The zero-order valence-electron chi connectivity index (χ0n) is 16.0.